The van der Waals surface area contributed by atoms with E-state index in [-0.39, 0.29) is 23.7 Å². The van der Waals surface area contributed by atoms with Crippen LogP contribution in [-0.4, -0.2) is 44.1 Å². The number of nitro groups is 1. The highest BCUT2D eigenvalue weighted by atomic mass is 32.1. The van der Waals surface area contributed by atoms with Gasteiger partial charge in [0.2, 0.25) is 0 Å². The van der Waals surface area contributed by atoms with Crippen molar-refractivity contribution in [1.29, 1.82) is 0 Å². The third-order valence-electron chi connectivity index (χ3n) is 5.63. The second-order valence-corrected chi connectivity index (χ2v) is 7.96. The van der Waals surface area contributed by atoms with Gasteiger partial charge in [0.15, 0.2) is 5.11 Å². The standard InChI is InChI=1S/C23H23N5O4S/c1-32-20(29)8-5-15-27-22(21(25-23(27)33)18-6-2-3-13-24-18)19-7-4-14-26(19)16-9-11-17(12-10-16)28(30)31/h2-4,6-7,9-14,21-22H,5,8,15H2,1H3,(H,25,33). The van der Waals surface area contributed by atoms with Crippen LogP contribution in [0.25, 0.3) is 5.69 Å². The van der Waals surface area contributed by atoms with Crippen LogP contribution in [0.2, 0.25) is 0 Å². The molecule has 1 aliphatic heterocycles. The lowest BCUT2D eigenvalue weighted by Gasteiger charge is -2.29. The Hall–Kier alpha value is -3.79. The first-order valence-electron chi connectivity index (χ1n) is 10.5. The van der Waals surface area contributed by atoms with E-state index in [0.717, 1.165) is 17.1 Å². The number of hydrogen-bond acceptors (Lipinski definition) is 6. The number of pyridine rings is 1. The summed E-state index contributed by atoms with van der Waals surface area (Å²) < 4.78 is 6.76. The topological polar surface area (TPSA) is 103 Å². The van der Waals surface area contributed by atoms with Crippen molar-refractivity contribution in [2.75, 3.05) is 13.7 Å². The van der Waals surface area contributed by atoms with Crippen LogP contribution in [0.1, 0.15) is 36.3 Å². The molecule has 2 unspecified atom stereocenters. The van der Waals surface area contributed by atoms with Crippen molar-refractivity contribution in [2.45, 2.75) is 24.9 Å². The van der Waals surface area contributed by atoms with Crippen LogP contribution >= 0.6 is 12.2 Å². The van der Waals surface area contributed by atoms with Gasteiger partial charge < -0.3 is 19.5 Å². The average Bonchev–Trinajstić information content (AvgIpc) is 3.44. The van der Waals surface area contributed by atoms with Gasteiger partial charge in [-0.25, -0.2) is 0 Å². The minimum atomic E-state index is -0.417. The quantitative estimate of drug-likeness (QED) is 0.232. The fourth-order valence-electron chi connectivity index (χ4n) is 4.07. The largest absolute Gasteiger partial charge is 0.469 e. The van der Waals surface area contributed by atoms with Crippen molar-refractivity contribution in [1.82, 2.24) is 19.8 Å². The van der Waals surface area contributed by atoms with Gasteiger partial charge in [0, 0.05) is 48.9 Å². The maximum absolute atomic E-state index is 11.6. The molecule has 2 atom stereocenters. The Balaban J connectivity index is 1.70. The molecule has 3 heterocycles. The summed E-state index contributed by atoms with van der Waals surface area (Å²) >= 11 is 5.67. The summed E-state index contributed by atoms with van der Waals surface area (Å²) in [5.41, 5.74) is 2.63. The Kier molecular flexibility index (Phi) is 6.64. The highest BCUT2D eigenvalue weighted by Crippen LogP contribution is 2.39. The molecule has 1 N–H and O–H groups in total. The van der Waals surface area contributed by atoms with Gasteiger partial charge in [-0.05, 0) is 55.0 Å². The van der Waals surface area contributed by atoms with Crippen molar-refractivity contribution in [2.24, 2.45) is 0 Å². The summed E-state index contributed by atoms with van der Waals surface area (Å²) in [6.07, 6.45) is 4.53. The predicted octanol–water partition coefficient (Wildman–Crippen LogP) is 3.71. The third kappa shape index (κ3) is 4.70. The lowest BCUT2D eigenvalue weighted by molar-refractivity contribution is -0.384. The molecule has 9 nitrogen and oxygen atoms in total. The first kappa shape index (κ1) is 22.4. The summed E-state index contributed by atoms with van der Waals surface area (Å²) in [5, 5.41) is 15.0. The van der Waals surface area contributed by atoms with E-state index in [2.05, 4.69) is 15.2 Å². The van der Waals surface area contributed by atoms with E-state index in [0.29, 0.717) is 24.5 Å². The molecule has 0 bridgehead atoms. The molecular weight excluding hydrogens is 442 g/mol. The van der Waals surface area contributed by atoms with Crippen molar-refractivity contribution in [3.63, 3.8) is 0 Å². The number of ether oxygens (including phenoxy) is 1. The van der Waals surface area contributed by atoms with Crippen LogP contribution in [0, 0.1) is 10.1 Å². The van der Waals surface area contributed by atoms with E-state index in [9.17, 15) is 14.9 Å². The zero-order valence-electron chi connectivity index (χ0n) is 18.0. The van der Waals surface area contributed by atoms with E-state index in [1.54, 1.807) is 18.3 Å². The third-order valence-corrected chi connectivity index (χ3v) is 5.98. The van der Waals surface area contributed by atoms with Crippen LogP contribution in [0.3, 0.4) is 0 Å². The maximum Gasteiger partial charge on any atom is 0.305 e. The second kappa shape index (κ2) is 9.78. The maximum atomic E-state index is 11.6. The van der Waals surface area contributed by atoms with E-state index in [1.807, 2.05) is 41.1 Å². The van der Waals surface area contributed by atoms with Gasteiger partial charge in [-0.15, -0.1) is 0 Å². The molecule has 4 rings (SSSR count). The Morgan fingerprint density at radius 1 is 1.21 bits per heavy atom. The van der Waals surface area contributed by atoms with Crippen molar-refractivity contribution < 1.29 is 14.5 Å². The number of nitrogens with one attached hydrogen (secondary N) is 1. The summed E-state index contributed by atoms with van der Waals surface area (Å²) in [6.45, 7) is 0.556. The minimum absolute atomic E-state index is 0.0342. The molecule has 1 aliphatic rings. The highest BCUT2D eigenvalue weighted by Gasteiger charge is 2.41. The van der Waals surface area contributed by atoms with Gasteiger partial charge in [-0.2, -0.15) is 0 Å². The van der Waals surface area contributed by atoms with E-state index < -0.39 is 4.92 Å². The highest BCUT2D eigenvalue weighted by molar-refractivity contribution is 7.80. The Labute approximate surface area is 196 Å². The summed E-state index contributed by atoms with van der Waals surface area (Å²) in [6, 6.07) is 15.7. The zero-order chi connectivity index (χ0) is 23.4. The molecule has 10 heteroatoms. The molecule has 170 valence electrons. The molecule has 33 heavy (non-hydrogen) atoms. The van der Waals surface area contributed by atoms with Crippen LogP contribution < -0.4 is 5.32 Å². The van der Waals surface area contributed by atoms with Gasteiger partial charge in [0.05, 0.1) is 29.8 Å². The number of hydrogen-bond donors (Lipinski definition) is 1. The average molecular weight is 466 g/mol. The molecule has 2 aromatic heterocycles. The summed E-state index contributed by atoms with van der Waals surface area (Å²) in [5.74, 6) is -0.264. The minimum Gasteiger partial charge on any atom is -0.469 e. The van der Waals surface area contributed by atoms with E-state index in [4.69, 9.17) is 17.0 Å². The molecule has 0 aliphatic carbocycles. The molecule has 1 fully saturated rings. The zero-order valence-corrected chi connectivity index (χ0v) is 18.8. The van der Waals surface area contributed by atoms with Gasteiger partial charge in [0.1, 0.15) is 0 Å². The molecule has 0 spiro atoms. The molecule has 0 amide bonds. The van der Waals surface area contributed by atoms with Crippen molar-refractivity contribution >= 4 is 29.0 Å². The van der Waals surface area contributed by atoms with Gasteiger partial charge in [0.25, 0.3) is 5.69 Å². The molecule has 0 saturated carbocycles. The molecule has 1 aromatic carbocycles. The fraction of sp³-hybridized carbons (Fsp3) is 0.261. The number of nitrogens with zero attached hydrogens (tertiary/aromatic N) is 4. The SMILES string of the molecule is COC(=O)CCCN1C(=S)NC(c2ccccn2)C1c1cccn1-c1ccc([N+](=O)[O-])cc1. The smallest absolute Gasteiger partial charge is 0.305 e. The summed E-state index contributed by atoms with van der Waals surface area (Å²) in [4.78, 5) is 28.9. The van der Waals surface area contributed by atoms with Crippen molar-refractivity contribution in [3.05, 3.63) is 88.5 Å². The van der Waals surface area contributed by atoms with Gasteiger partial charge in [-0.3, -0.25) is 19.9 Å². The first-order chi connectivity index (χ1) is 16.0. The van der Waals surface area contributed by atoms with Crippen LogP contribution in [0.15, 0.2) is 67.0 Å². The number of benzene rings is 1. The van der Waals surface area contributed by atoms with Crippen molar-refractivity contribution in [3.8, 4) is 5.69 Å². The number of non-ortho nitro benzene ring substituents is 1. The number of thiocarbonyl (C=S) groups is 1. The number of carbonyl (C=O) groups is 1. The molecule has 0 radical (unpaired) electrons. The number of carbonyl (C=O) groups excluding carboxylic acids is 1. The Morgan fingerprint density at radius 3 is 2.67 bits per heavy atom. The summed E-state index contributed by atoms with van der Waals surface area (Å²) in [7, 11) is 1.38. The van der Waals surface area contributed by atoms with Crippen LogP contribution in [0.4, 0.5) is 5.69 Å². The molecule has 3 aromatic rings. The number of rotatable bonds is 8. The normalized spacial score (nSPS) is 17.6. The second-order valence-electron chi connectivity index (χ2n) is 7.58. The van der Waals surface area contributed by atoms with E-state index >= 15 is 0 Å². The first-order valence-corrected chi connectivity index (χ1v) is 10.9. The van der Waals surface area contributed by atoms with Gasteiger partial charge in [-0.1, -0.05) is 6.07 Å². The monoisotopic (exact) mass is 465 g/mol. The van der Waals surface area contributed by atoms with Crippen LogP contribution in [-0.2, 0) is 9.53 Å². The predicted molar refractivity (Wildman–Crippen MR) is 126 cm³/mol. The van der Waals surface area contributed by atoms with Crippen LogP contribution in [0.5, 0.6) is 0 Å². The lowest BCUT2D eigenvalue weighted by Crippen LogP contribution is -2.31. The molecule has 1 saturated heterocycles. The fourth-order valence-corrected chi connectivity index (χ4v) is 4.40. The number of esters is 1. The van der Waals surface area contributed by atoms with Gasteiger partial charge >= 0.3 is 5.97 Å². The van der Waals surface area contributed by atoms with E-state index in [1.165, 1.54) is 19.2 Å². The Morgan fingerprint density at radius 2 is 2.00 bits per heavy atom. The molecular formula is C23H23N5O4S. The number of aromatic nitrogens is 2. The number of methoxy groups -OCH3 is 1. The lowest BCUT2D eigenvalue weighted by atomic mass is 10.0. The Bertz CT molecular complexity index is 1150. The number of nitro benzene ring substituents is 1.